The molecular formula is C70H45NOS. The van der Waals surface area contributed by atoms with Crippen molar-refractivity contribution >= 4 is 48.6 Å². The highest BCUT2D eigenvalue weighted by Crippen LogP contribution is 2.64. The van der Waals surface area contributed by atoms with Gasteiger partial charge in [0.2, 0.25) is 0 Å². The minimum absolute atomic E-state index is 0.212. The van der Waals surface area contributed by atoms with Gasteiger partial charge in [0, 0.05) is 53.7 Å². The number of thiophene rings is 1. The third-order valence-electron chi connectivity index (χ3n) is 16.7. The second kappa shape index (κ2) is 14.9. The second-order valence-corrected chi connectivity index (χ2v) is 21.7. The smallest absolute Gasteiger partial charge is 0.159 e. The lowest BCUT2D eigenvalue weighted by Crippen LogP contribution is -2.29. The van der Waals surface area contributed by atoms with Gasteiger partial charge in [-0.25, -0.2) is 0 Å². The first-order valence-corrected chi connectivity index (χ1v) is 26.2. The number of fused-ring (bicyclic) bond motifs is 24. The van der Waals surface area contributed by atoms with E-state index in [0.29, 0.717) is 0 Å². The summed E-state index contributed by atoms with van der Waals surface area (Å²) in [6, 6.07) is 88.7. The topological polar surface area (TPSA) is 12.5 Å². The molecule has 16 rings (SSSR count). The summed E-state index contributed by atoms with van der Waals surface area (Å²) in [5.41, 5.74) is 24.7. The van der Waals surface area contributed by atoms with E-state index < -0.39 is 5.41 Å². The quantitative estimate of drug-likeness (QED) is 0.175. The number of hydrogen-bond acceptors (Lipinski definition) is 3. The molecule has 73 heavy (non-hydrogen) atoms. The summed E-state index contributed by atoms with van der Waals surface area (Å²) >= 11 is 1.92. The van der Waals surface area contributed by atoms with Gasteiger partial charge in [-0.05, 0) is 126 Å². The average Bonchev–Trinajstić information content (AvgIpc) is 3.98. The van der Waals surface area contributed by atoms with E-state index in [9.17, 15) is 0 Å². The van der Waals surface area contributed by atoms with Crippen molar-refractivity contribution in [2.24, 2.45) is 0 Å². The van der Waals surface area contributed by atoms with Crippen molar-refractivity contribution in [3.63, 3.8) is 0 Å². The van der Waals surface area contributed by atoms with E-state index in [1.807, 2.05) is 11.3 Å². The van der Waals surface area contributed by atoms with Crippen LogP contribution in [0.2, 0.25) is 0 Å². The first-order valence-electron chi connectivity index (χ1n) is 25.4. The Balaban J connectivity index is 1.03. The summed E-state index contributed by atoms with van der Waals surface area (Å²) in [5, 5.41) is 2.62. The summed E-state index contributed by atoms with van der Waals surface area (Å²) in [6.07, 6.45) is 0. The molecule has 0 amide bonds. The molecule has 3 aliphatic carbocycles. The van der Waals surface area contributed by atoms with Gasteiger partial charge in [0.05, 0.1) is 11.1 Å². The largest absolute Gasteiger partial charge is 0.454 e. The number of nitrogens with zero attached hydrogens (tertiary/aromatic N) is 1. The van der Waals surface area contributed by atoms with Gasteiger partial charge in [-0.2, -0.15) is 0 Å². The Morgan fingerprint density at radius 3 is 1.59 bits per heavy atom. The maximum atomic E-state index is 7.36. The third kappa shape index (κ3) is 5.42. The number of ether oxygens (including phenoxy) is 1. The number of rotatable bonds is 3. The van der Waals surface area contributed by atoms with E-state index in [-0.39, 0.29) is 5.41 Å². The van der Waals surface area contributed by atoms with Crippen LogP contribution in [-0.2, 0) is 10.8 Å². The molecule has 0 saturated heterocycles. The Bertz CT molecular complexity index is 4360. The highest BCUT2D eigenvalue weighted by Gasteiger charge is 2.51. The van der Waals surface area contributed by atoms with Crippen LogP contribution in [0.3, 0.4) is 0 Å². The fourth-order valence-corrected chi connectivity index (χ4v) is 14.9. The van der Waals surface area contributed by atoms with Gasteiger partial charge in [0.1, 0.15) is 5.75 Å². The number of para-hydroxylation sites is 2. The van der Waals surface area contributed by atoms with Crippen molar-refractivity contribution in [2.45, 2.75) is 24.7 Å². The minimum Gasteiger partial charge on any atom is -0.454 e. The van der Waals surface area contributed by atoms with Crippen molar-refractivity contribution < 1.29 is 4.74 Å². The standard InChI is InChI=1S/C70H45NOS/c1-69(2)57-28-12-7-23-49(57)51-37-35-42(40-61(51)69)71(63-31-17-27-54-47-21-6-5-20-46(47)52-24-10-15-32-64(52)72-67(54)63)43-34-36-50-45-19-4-3-18-44(45)48-22-8-13-29-58(48)70(62(50)41-43)59-30-14-9-26-56(59)66-60(70)39-38-55-53-25-11-16-33-65(53)73-68(55)66/h3-41H,1-2H3. The van der Waals surface area contributed by atoms with Gasteiger partial charge < -0.3 is 9.64 Å². The fraction of sp³-hybridized carbons (Fsp3) is 0.0571. The molecule has 11 aromatic carbocycles. The Morgan fingerprint density at radius 2 is 0.863 bits per heavy atom. The first-order chi connectivity index (χ1) is 36.0. The van der Waals surface area contributed by atoms with Crippen molar-refractivity contribution in [3.8, 4) is 78.3 Å². The first kappa shape index (κ1) is 40.9. The lowest BCUT2D eigenvalue weighted by atomic mass is 9.65. The van der Waals surface area contributed by atoms with Crippen molar-refractivity contribution in [2.75, 3.05) is 4.90 Å². The van der Waals surface area contributed by atoms with Crippen LogP contribution in [0.25, 0.3) is 86.9 Å². The summed E-state index contributed by atoms with van der Waals surface area (Å²) in [6.45, 7) is 4.75. The summed E-state index contributed by atoms with van der Waals surface area (Å²) in [7, 11) is 0. The molecule has 1 atom stereocenters. The van der Waals surface area contributed by atoms with Crippen LogP contribution < -0.4 is 9.64 Å². The van der Waals surface area contributed by atoms with Crippen LogP contribution in [0.15, 0.2) is 237 Å². The number of hydrogen-bond donors (Lipinski definition) is 0. The van der Waals surface area contributed by atoms with Crippen LogP contribution in [0, 0.1) is 0 Å². The molecule has 0 radical (unpaired) electrons. The fourth-order valence-electron chi connectivity index (χ4n) is 13.6. The Hall–Kier alpha value is -8.76. The average molecular weight is 948 g/mol. The summed E-state index contributed by atoms with van der Waals surface area (Å²) in [4.78, 5) is 2.49. The normalized spacial score (nSPS) is 15.5. The van der Waals surface area contributed by atoms with Crippen molar-refractivity contribution in [3.05, 3.63) is 270 Å². The molecule has 12 aromatic rings. The van der Waals surface area contributed by atoms with E-state index in [1.54, 1.807) is 0 Å². The minimum atomic E-state index is -0.688. The Kier molecular flexibility index (Phi) is 8.35. The third-order valence-corrected chi connectivity index (χ3v) is 17.9. The molecular weight excluding hydrogens is 903 g/mol. The van der Waals surface area contributed by atoms with Gasteiger partial charge in [-0.3, -0.25) is 0 Å². The second-order valence-electron chi connectivity index (χ2n) is 20.6. The Morgan fingerprint density at radius 1 is 0.356 bits per heavy atom. The van der Waals surface area contributed by atoms with E-state index in [0.717, 1.165) is 50.8 Å². The molecule has 1 aromatic heterocycles. The molecule has 0 saturated carbocycles. The Labute approximate surface area is 428 Å². The van der Waals surface area contributed by atoms with E-state index >= 15 is 0 Å². The monoisotopic (exact) mass is 947 g/mol. The van der Waals surface area contributed by atoms with Gasteiger partial charge in [-0.1, -0.05) is 208 Å². The lowest BCUT2D eigenvalue weighted by molar-refractivity contribution is 0.489. The molecule has 1 unspecified atom stereocenters. The van der Waals surface area contributed by atoms with Gasteiger partial charge >= 0.3 is 0 Å². The van der Waals surface area contributed by atoms with Gasteiger partial charge in [-0.15, -0.1) is 11.3 Å². The molecule has 342 valence electrons. The van der Waals surface area contributed by atoms with Crippen LogP contribution in [0.4, 0.5) is 17.1 Å². The van der Waals surface area contributed by atoms with Gasteiger partial charge in [0.25, 0.3) is 0 Å². The molecule has 2 heterocycles. The summed E-state index contributed by atoms with van der Waals surface area (Å²) in [5.74, 6) is 1.67. The van der Waals surface area contributed by atoms with Crippen molar-refractivity contribution in [1.82, 2.24) is 0 Å². The molecule has 4 aliphatic rings. The highest BCUT2D eigenvalue weighted by molar-refractivity contribution is 7.26. The molecule has 0 bridgehead atoms. The van der Waals surface area contributed by atoms with Crippen molar-refractivity contribution in [1.29, 1.82) is 0 Å². The maximum absolute atomic E-state index is 7.36. The van der Waals surface area contributed by atoms with Crippen LogP contribution in [-0.4, -0.2) is 0 Å². The molecule has 1 aliphatic heterocycles. The molecule has 0 fully saturated rings. The summed E-state index contributed by atoms with van der Waals surface area (Å²) < 4.78 is 10.0. The number of benzene rings is 11. The number of anilines is 3. The lowest BCUT2D eigenvalue weighted by Gasteiger charge is -2.37. The van der Waals surface area contributed by atoms with E-state index in [1.165, 1.54) is 98.1 Å². The zero-order valence-corrected chi connectivity index (χ0v) is 41.1. The predicted octanol–water partition coefficient (Wildman–Crippen LogP) is 19.3. The molecule has 0 N–H and O–H groups in total. The van der Waals surface area contributed by atoms with Gasteiger partial charge in [0.15, 0.2) is 5.75 Å². The zero-order chi connectivity index (χ0) is 48.2. The molecule has 1 spiro atoms. The SMILES string of the molecule is CC1(C)c2ccccc2-c2ccc(N(c3ccc4c(c3)C3(c5ccccc5-c5ccccc5-4)c4ccccc4-c4c3ccc3c4sc4ccccc43)c3cccc4c3Oc3ccccc3-c3ccccc3-4)cc21. The van der Waals surface area contributed by atoms with E-state index in [4.69, 9.17) is 4.74 Å². The van der Waals surface area contributed by atoms with Crippen LogP contribution in [0.5, 0.6) is 11.5 Å². The predicted molar refractivity (Wildman–Crippen MR) is 304 cm³/mol. The maximum Gasteiger partial charge on any atom is 0.159 e. The van der Waals surface area contributed by atoms with Crippen LogP contribution >= 0.6 is 11.3 Å². The highest BCUT2D eigenvalue weighted by atomic mass is 32.1. The molecule has 2 nitrogen and oxygen atoms in total. The zero-order valence-electron chi connectivity index (χ0n) is 40.3. The van der Waals surface area contributed by atoms with Crippen LogP contribution in [0.1, 0.15) is 47.2 Å². The molecule has 3 heteroatoms. The van der Waals surface area contributed by atoms with E-state index in [2.05, 4.69) is 255 Å².